The van der Waals surface area contributed by atoms with Gasteiger partial charge in [-0.25, -0.2) is 4.98 Å². The third-order valence-electron chi connectivity index (χ3n) is 3.05. The summed E-state index contributed by atoms with van der Waals surface area (Å²) >= 11 is 1.54. The SMILES string of the molecule is Cc1ncc(/C=C\C(=O)NCCOc2ccc3c(c2)OCO3)s1. The summed E-state index contributed by atoms with van der Waals surface area (Å²) < 4.78 is 16.1. The van der Waals surface area contributed by atoms with Crippen molar-refractivity contribution in [2.24, 2.45) is 0 Å². The number of fused-ring (bicyclic) bond motifs is 1. The zero-order valence-corrected chi connectivity index (χ0v) is 13.4. The number of aromatic nitrogens is 1. The van der Waals surface area contributed by atoms with Crippen LogP contribution in [0.4, 0.5) is 0 Å². The van der Waals surface area contributed by atoms with Crippen molar-refractivity contribution in [1.82, 2.24) is 10.3 Å². The summed E-state index contributed by atoms with van der Waals surface area (Å²) in [7, 11) is 0. The first-order valence-electron chi connectivity index (χ1n) is 7.11. The van der Waals surface area contributed by atoms with Crippen LogP contribution in [-0.2, 0) is 4.79 Å². The molecule has 0 radical (unpaired) electrons. The highest BCUT2D eigenvalue weighted by Gasteiger charge is 2.13. The van der Waals surface area contributed by atoms with Crippen LogP contribution in [0.5, 0.6) is 17.2 Å². The van der Waals surface area contributed by atoms with Crippen LogP contribution in [0.3, 0.4) is 0 Å². The second-order valence-corrected chi connectivity index (χ2v) is 6.04. The smallest absolute Gasteiger partial charge is 0.244 e. The van der Waals surface area contributed by atoms with Crippen molar-refractivity contribution >= 4 is 23.3 Å². The fourth-order valence-electron chi connectivity index (χ4n) is 1.98. The van der Waals surface area contributed by atoms with Crippen molar-refractivity contribution in [1.29, 1.82) is 0 Å². The molecule has 2 heterocycles. The highest BCUT2D eigenvalue weighted by atomic mass is 32.1. The summed E-state index contributed by atoms with van der Waals surface area (Å²) in [5.41, 5.74) is 0. The van der Waals surface area contributed by atoms with Crippen LogP contribution in [0.25, 0.3) is 6.08 Å². The molecular formula is C16H16N2O4S. The van der Waals surface area contributed by atoms with Crippen LogP contribution in [-0.4, -0.2) is 30.8 Å². The van der Waals surface area contributed by atoms with Gasteiger partial charge < -0.3 is 19.5 Å². The van der Waals surface area contributed by atoms with Gasteiger partial charge in [0, 0.05) is 23.2 Å². The zero-order chi connectivity index (χ0) is 16.1. The van der Waals surface area contributed by atoms with Gasteiger partial charge in [-0.1, -0.05) is 0 Å². The number of nitrogens with zero attached hydrogens (tertiary/aromatic N) is 1. The molecule has 0 atom stereocenters. The molecule has 1 aromatic carbocycles. The summed E-state index contributed by atoms with van der Waals surface area (Å²) in [4.78, 5) is 16.8. The highest BCUT2D eigenvalue weighted by Crippen LogP contribution is 2.34. The van der Waals surface area contributed by atoms with Crippen LogP contribution >= 0.6 is 11.3 Å². The number of ether oxygens (including phenoxy) is 3. The van der Waals surface area contributed by atoms with E-state index in [0.29, 0.717) is 30.4 Å². The van der Waals surface area contributed by atoms with Gasteiger partial charge in [0.1, 0.15) is 12.4 Å². The Hall–Kier alpha value is -2.54. The molecule has 0 aliphatic carbocycles. The van der Waals surface area contributed by atoms with Crippen LogP contribution in [0.2, 0.25) is 0 Å². The number of benzene rings is 1. The van der Waals surface area contributed by atoms with Gasteiger partial charge in [-0.3, -0.25) is 4.79 Å². The molecule has 0 saturated carbocycles. The number of thiazole rings is 1. The average Bonchev–Trinajstić information content (AvgIpc) is 3.17. The molecule has 7 heteroatoms. The minimum atomic E-state index is -0.162. The van der Waals surface area contributed by atoms with Crippen molar-refractivity contribution in [3.8, 4) is 17.2 Å². The molecule has 1 N–H and O–H groups in total. The standard InChI is InChI=1S/C16H16N2O4S/c1-11-18-9-13(23-11)3-5-16(19)17-6-7-20-12-2-4-14-15(8-12)22-10-21-14/h2-5,8-9H,6-7,10H2,1H3,(H,17,19)/b5-3-. The van der Waals surface area contributed by atoms with Crippen LogP contribution in [0.1, 0.15) is 9.88 Å². The summed E-state index contributed by atoms with van der Waals surface area (Å²) in [5, 5.41) is 3.73. The Morgan fingerprint density at radius 1 is 1.43 bits per heavy atom. The van der Waals surface area contributed by atoms with E-state index < -0.39 is 0 Å². The maximum Gasteiger partial charge on any atom is 0.244 e. The second-order valence-electron chi connectivity index (χ2n) is 4.77. The lowest BCUT2D eigenvalue weighted by Gasteiger charge is -2.07. The summed E-state index contributed by atoms with van der Waals surface area (Å²) in [6.07, 6.45) is 4.98. The van der Waals surface area contributed by atoms with E-state index in [0.717, 1.165) is 9.88 Å². The Bertz CT molecular complexity index is 727. The predicted molar refractivity (Wildman–Crippen MR) is 87.0 cm³/mol. The van der Waals surface area contributed by atoms with Gasteiger partial charge >= 0.3 is 0 Å². The van der Waals surface area contributed by atoms with Gasteiger partial charge in [0.15, 0.2) is 11.5 Å². The molecule has 3 rings (SSSR count). The molecular weight excluding hydrogens is 316 g/mol. The number of hydrogen-bond acceptors (Lipinski definition) is 6. The number of amides is 1. The minimum Gasteiger partial charge on any atom is -0.492 e. The van der Waals surface area contributed by atoms with Crippen molar-refractivity contribution in [3.05, 3.63) is 40.4 Å². The molecule has 0 saturated heterocycles. The second kappa shape index (κ2) is 7.15. The molecule has 6 nitrogen and oxygen atoms in total. The first kappa shape index (κ1) is 15.4. The van der Waals surface area contributed by atoms with Gasteiger partial charge in [-0.15, -0.1) is 11.3 Å². The number of rotatable bonds is 6. The van der Waals surface area contributed by atoms with E-state index in [1.54, 1.807) is 41.8 Å². The highest BCUT2D eigenvalue weighted by molar-refractivity contribution is 7.12. The van der Waals surface area contributed by atoms with Crippen LogP contribution < -0.4 is 19.5 Å². The van der Waals surface area contributed by atoms with E-state index in [4.69, 9.17) is 14.2 Å². The van der Waals surface area contributed by atoms with Gasteiger partial charge in [0.25, 0.3) is 0 Å². The molecule has 1 aromatic heterocycles. The fraction of sp³-hybridized carbons (Fsp3) is 0.250. The number of aryl methyl sites for hydroxylation is 1. The van der Waals surface area contributed by atoms with Gasteiger partial charge in [0.05, 0.1) is 11.6 Å². The average molecular weight is 332 g/mol. The van der Waals surface area contributed by atoms with E-state index in [-0.39, 0.29) is 12.7 Å². The topological polar surface area (TPSA) is 69.7 Å². The lowest BCUT2D eigenvalue weighted by molar-refractivity contribution is -0.116. The number of nitrogens with one attached hydrogen (secondary N) is 1. The van der Waals surface area contributed by atoms with Crippen molar-refractivity contribution < 1.29 is 19.0 Å². The van der Waals surface area contributed by atoms with Gasteiger partial charge in [0.2, 0.25) is 12.7 Å². The molecule has 1 aliphatic rings. The lowest BCUT2D eigenvalue weighted by atomic mass is 10.3. The first-order valence-corrected chi connectivity index (χ1v) is 7.93. The van der Waals surface area contributed by atoms with E-state index in [1.807, 2.05) is 6.92 Å². The van der Waals surface area contributed by atoms with E-state index >= 15 is 0 Å². The minimum absolute atomic E-state index is 0.162. The number of carbonyl (C=O) groups is 1. The van der Waals surface area contributed by atoms with Crippen molar-refractivity contribution in [2.75, 3.05) is 19.9 Å². The first-order chi connectivity index (χ1) is 11.2. The fourth-order valence-corrected chi connectivity index (χ4v) is 2.67. The lowest BCUT2D eigenvalue weighted by Crippen LogP contribution is -2.26. The van der Waals surface area contributed by atoms with Gasteiger partial charge in [-0.2, -0.15) is 0 Å². The maximum absolute atomic E-state index is 11.7. The number of carbonyl (C=O) groups excluding carboxylic acids is 1. The summed E-state index contributed by atoms with van der Waals surface area (Å²) in [5.74, 6) is 1.91. The quantitative estimate of drug-likeness (QED) is 0.650. The molecule has 120 valence electrons. The van der Waals surface area contributed by atoms with E-state index in [2.05, 4.69) is 10.3 Å². The normalized spacial score (nSPS) is 12.6. The van der Waals surface area contributed by atoms with Crippen LogP contribution in [0.15, 0.2) is 30.5 Å². The summed E-state index contributed by atoms with van der Waals surface area (Å²) in [6, 6.07) is 5.38. The van der Waals surface area contributed by atoms with Gasteiger partial charge in [-0.05, 0) is 25.1 Å². The zero-order valence-electron chi connectivity index (χ0n) is 12.6. The summed E-state index contributed by atoms with van der Waals surface area (Å²) in [6.45, 7) is 2.95. The number of hydrogen-bond donors (Lipinski definition) is 1. The van der Waals surface area contributed by atoms with Crippen molar-refractivity contribution in [3.63, 3.8) is 0 Å². The predicted octanol–water partition coefficient (Wildman–Crippen LogP) is 2.39. The third kappa shape index (κ3) is 4.23. The van der Waals surface area contributed by atoms with Crippen molar-refractivity contribution in [2.45, 2.75) is 6.92 Å². The maximum atomic E-state index is 11.7. The Balaban J connectivity index is 1.39. The molecule has 0 unspecified atom stereocenters. The Morgan fingerprint density at radius 2 is 2.30 bits per heavy atom. The molecule has 23 heavy (non-hydrogen) atoms. The Labute approximate surface area is 137 Å². The molecule has 1 amide bonds. The van der Waals surface area contributed by atoms with Crippen LogP contribution in [0, 0.1) is 6.92 Å². The largest absolute Gasteiger partial charge is 0.492 e. The van der Waals surface area contributed by atoms with E-state index in [9.17, 15) is 4.79 Å². The molecule has 0 fully saturated rings. The third-order valence-corrected chi connectivity index (χ3v) is 3.93. The Morgan fingerprint density at radius 3 is 3.13 bits per heavy atom. The molecule has 2 aromatic rings. The molecule has 1 aliphatic heterocycles. The Kier molecular flexibility index (Phi) is 4.77. The molecule has 0 bridgehead atoms. The van der Waals surface area contributed by atoms with E-state index in [1.165, 1.54) is 6.08 Å². The molecule has 0 spiro atoms. The monoisotopic (exact) mass is 332 g/mol.